The molecule has 0 bridgehead atoms. The highest BCUT2D eigenvalue weighted by Crippen LogP contribution is 2.35. The van der Waals surface area contributed by atoms with Crippen molar-refractivity contribution in [3.63, 3.8) is 0 Å². The first-order chi connectivity index (χ1) is 9.83. The molecule has 0 unspecified atom stereocenters. The van der Waals surface area contributed by atoms with Crippen LogP contribution in [0.2, 0.25) is 0 Å². The lowest BCUT2D eigenvalue weighted by molar-refractivity contribution is -0.141. The van der Waals surface area contributed by atoms with E-state index in [4.69, 9.17) is 0 Å². The third-order valence-electron chi connectivity index (χ3n) is 4.14. The number of sulfone groups is 1. The fourth-order valence-electron chi connectivity index (χ4n) is 2.67. The molecule has 1 aromatic rings. The maximum atomic E-state index is 13.0. The summed E-state index contributed by atoms with van der Waals surface area (Å²) in [6.45, 7) is 3.54. The third kappa shape index (κ3) is 2.67. The monoisotopic (exact) mass is 315 g/mol. The van der Waals surface area contributed by atoms with Gasteiger partial charge < -0.3 is 10.0 Å². The zero-order valence-electron chi connectivity index (χ0n) is 11.8. The van der Waals surface area contributed by atoms with Gasteiger partial charge in [-0.1, -0.05) is 6.92 Å². The Labute approximate surface area is 123 Å². The summed E-state index contributed by atoms with van der Waals surface area (Å²) in [4.78, 5) is 13.6. The Morgan fingerprint density at radius 2 is 1.81 bits per heavy atom. The summed E-state index contributed by atoms with van der Waals surface area (Å²) in [6, 6.07) is 4.32. The Kier molecular flexibility index (Phi) is 4.34. The predicted molar refractivity (Wildman–Crippen MR) is 75.3 cm³/mol. The average molecular weight is 315 g/mol. The molecule has 0 amide bonds. The molecular formula is C14H18FNO4S. The minimum Gasteiger partial charge on any atom is -0.480 e. The number of rotatable bonds is 4. The molecule has 21 heavy (non-hydrogen) atoms. The lowest BCUT2D eigenvalue weighted by Gasteiger charge is -2.37. The Hall–Kier alpha value is -1.47. The van der Waals surface area contributed by atoms with Gasteiger partial charge in [-0.15, -0.1) is 0 Å². The zero-order chi connectivity index (χ0) is 15.7. The quantitative estimate of drug-likeness (QED) is 0.853. The highest BCUT2D eigenvalue weighted by atomic mass is 32.2. The number of piperidine rings is 1. The van der Waals surface area contributed by atoms with E-state index >= 15 is 0 Å². The molecule has 0 radical (unpaired) electrons. The maximum absolute atomic E-state index is 13.0. The summed E-state index contributed by atoms with van der Waals surface area (Å²) in [5.41, 5.74) is 0. The second kappa shape index (κ2) is 5.73. The molecule has 1 fully saturated rings. The number of hydrogen-bond donors (Lipinski definition) is 1. The molecular weight excluding hydrogens is 297 g/mol. The van der Waals surface area contributed by atoms with E-state index in [0.29, 0.717) is 13.1 Å². The Morgan fingerprint density at radius 1 is 1.29 bits per heavy atom. The van der Waals surface area contributed by atoms with Gasteiger partial charge in [-0.25, -0.2) is 12.8 Å². The van der Waals surface area contributed by atoms with Gasteiger partial charge in [0.25, 0.3) is 0 Å². The van der Waals surface area contributed by atoms with E-state index < -0.39 is 26.4 Å². The van der Waals surface area contributed by atoms with Crippen LogP contribution in [0.3, 0.4) is 0 Å². The highest BCUT2D eigenvalue weighted by Gasteiger charge is 2.53. The number of aliphatic carboxylic acids is 1. The van der Waals surface area contributed by atoms with Crippen LogP contribution in [0.5, 0.6) is 0 Å². The van der Waals surface area contributed by atoms with Gasteiger partial charge >= 0.3 is 5.97 Å². The SMILES string of the molecule is CCN1CCC(C(=O)O)(S(=O)(=O)c2ccc(F)cc2)CC1. The number of carboxylic acids is 1. The summed E-state index contributed by atoms with van der Waals surface area (Å²) in [5, 5.41) is 9.53. The van der Waals surface area contributed by atoms with E-state index in [9.17, 15) is 22.7 Å². The van der Waals surface area contributed by atoms with Gasteiger partial charge in [0, 0.05) is 13.1 Å². The van der Waals surface area contributed by atoms with Gasteiger partial charge in [0.05, 0.1) is 4.90 Å². The maximum Gasteiger partial charge on any atom is 0.325 e. The molecule has 5 nitrogen and oxygen atoms in total. The zero-order valence-corrected chi connectivity index (χ0v) is 12.6. The van der Waals surface area contributed by atoms with E-state index in [0.717, 1.165) is 30.8 Å². The molecule has 7 heteroatoms. The number of carboxylic acid groups (broad SMARTS) is 1. The first kappa shape index (κ1) is 15.9. The van der Waals surface area contributed by atoms with Crippen LogP contribution in [0.15, 0.2) is 29.2 Å². The number of halogens is 1. The molecule has 1 aliphatic heterocycles. The first-order valence-corrected chi connectivity index (χ1v) is 8.28. The molecule has 1 saturated heterocycles. The molecule has 0 aliphatic carbocycles. The van der Waals surface area contributed by atoms with Crippen molar-refractivity contribution in [2.45, 2.75) is 29.4 Å². The van der Waals surface area contributed by atoms with Crippen molar-refractivity contribution in [1.29, 1.82) is 0 Å². The minimum absolute atomic E-state index is 0.0376. The third-order valence-corrected chi connectivity index (χ3v) is 6.64. The standard InChI is InChI=1S/C14H18FNO4S/c1-2-16-9-7-14(8-10-16,13(17)18)21(19,20)12-5-3-11(15)4-6-12/h3-6H,2,7-10H2,1H3,(H,17,18). The lowest BCUT2D eigenvalue weighted by Crippen LogP contribution is -2.54. The molecule has 1 aromatic carbocycles. The molecule has 1 N–H and O–H groups in total. The van der Waals surface area contributed by atoms with E-state index in [1.165, 1.54) is 0 Å². The van der Waals surface area contributed by atoms with E-state index in [1.807, 2.05) is 11.8 Å². The van der Waals surface area contributed by atoms with Crippen LogP contribution in [-0.4, -0.2) is 48.8 Å². The van der Waals surface area contributed by atoms with Gasteiger partial charge in [0.1, 0.15) is 5.82 Å². The molecule has 0 saturated carbocycles. The second-order valence-corrected chi connectivity index (χ2v) is 7.45. The minimum atomic E-state index is -4.06. The molecule has 2 rings (SSSR count). The molecule has 0 spiro atoms. The predicted octanol–water partition coefficient (Wildman–Crippen LogP) is 1.54. The molecule has 116 valence electrons. The molecule has 1 heterocycles. The van der Waals surface area contributed by atoms with Crippen molar-refractivity contribution < 1.29 is 22.7 Å². The van der Waals surface area contributed by atoms with E-state index in [2.05, 4.69) is 0 Å². The summed E-state index contributed by atoms with van der Waals surface area (Å²) in [5.74, 6) is -1.89. The fraction of sp³-hybridized carbons (Fsp3) is 0.500. The number of likely N-dealkylation sites (tertiary alicyclic amines) is 1. The number of nitrogens with zero attached hydrogens (tertiary/aromatic N) is 1. The largest absolute Gasteiger partial charge is 0.480 e. The Balaban J connectivity index is 2.43. The highest BCUT2D eigenvalue weighted by molar-refractivity contribution is 7.93. The van der Waals surface area contributed by atoms with Gasteiger partial charge in [0.2, 0.25) is 0 Å². The first-order valence-electron chi connectivity index (χ1n) is 6.79. The van der Waals surface area contributed by atoms with Gasteiger partial charge in [-0.2, -0.15) is 0 Å². The molecule has 1 aliphatic rings. The number of benzene rings is 1. The van der Waals surface area contributed by atoms with Crippen LogP contribution in [0.4, 0.5) is 4.39 Å². The average Bonchev–Trinajstić information content (AvgIpc) is 2.47. The van der Waals surface area contributed by atoms with E-state index in [-0.39, 0.29) is 17.7 Å². The van der Waals surface area contributed by atoms with Crippen LogP contribution in [0.25, 0.3) is 0 Å². The summed E-state index contributed by atoms with van der Waals surface area (Å²) < 4.78 is 36.6. The number of hydrogen-bond acceptors (Lipinski definition) is 4. The molecule has 0 atom stereocenters. The van der Waals surface area contributed by atoms with Crippen molar-refractivity contribution in [3.05, 3.63) is 30.1 Å². The van der Waals surface area contributed by atoms with Crippen LogP contribution in [-0.2, 0) is 14.6 Å². The Bertz CT molecular complexity index is 619. The van der Waals surface area contributed by atoms with Crippen molar-refractivity contribution >= 4 is 15.8 Å². The van der Waals surface area contributed by atoms with Crippen molar-refractivity contribution in [3.8, 4) is 0 Å². The van der Waals surface area contributed by atoms with Crippen LogP contribution >= 0.6 is 0 Å². The smallest absolute Gasteiger partial charge is 0.325 e. The van der Waals surface area contributed by atoms with Crippen LogP contribution in [0, 0.1) is 5.82 Å². The topological polar surface area (TPSA) is 74.7 Å². The second-order valence-electron chi connectivity index (χ2n) is 5.19. The van der Waals surface area contributed by atoms with Gasteiger partial charge in [-0.3, -0.25) is 4.79 Å². The summed E-state index contributed by atoms with van der Waals surface area (Å²) in [6.07, 6.45) is 0.0752. The molecule has 0 aromatic heterocycles. The van der Waals surface area contributed by atoms with Crippen molar-refractivity contribution in [1.82, 2.24) is 4.90 Å². The number of carbonyl (C=O) groups is 1. The Morgan fingerprint density at radius 3 is 2.24 bits per heavy atom. The summed E-state index contributed by atoms with van der Waals surface area (Å²) in [7, 11) is -4.06. The van der Waals surface area contributed by atoms with Crippen LogP contribution in [0.1, 0.15) is 19.8 Å². The fourth-order valence-corrected chi connectivity index (χ4v) is 4.56. The normalized spacial score (nSPS) is 19.3. The van der Waals surface area contributed by atoms with Crippen LogP contribution < -0.4 is 0 Å². The summed E-state index contributed by atoms with van der Waals surface area (Å²) >= 11 is 0. The van der Waals surface area contributed by atoms with Crippen molar-refractivity contribution in [2.24, 2.45) is 0 Å². The lowest BCUT2D eigenvalue weighted by atomic mass is 9.96. The van der Waals surface area contributed by atoms with Gasteiger partial charge in [0.15, 0.2) is 14.6 Å². The van der Waals surface area contributed by atoms with Crippen molar-refractivity contribution in [2.75, 3.05) is 19.6 Å². The van der Waals surface area contributed by atoms with Gasteiger partial charge in [-0.05, 0) is 43.7 Å². The van der Waals surface area contributed by atoms with E-state index in [1.54, 1.807) is 0 Å².